The van der Waals surface area contributed by atoms with Gasteiger partial charge in [-0.2, -0.15) is 5.26 Å². The van der Waals surface area contributed by atoms with Crippen molar-refractivity contribution in [2.45, 2.75) is 51.1 Å². The van der Waals surface area contributed by atoms with E-state index in [9.17, 15) is 0 Å². The van der Waals surface area contributed by atoms with Gasteiger partial charge in [0.25, 0.3) is 0 Å². The van der Waals surface area contributed by atoms with Crippen LogP contribution in [0, 0.1) is 17.2 Å². The van der Waals surface area contributed by atoms with E-state index in [0.29, 0.717) is 6.54 Å². The molecule has 72 valence electrons. The van der Waals surface area contributed by atoms with Crippen LogP contribution in [-0.4, -0.2) is 23.5 Å². The summed E-state index contributed by atoms with van der Waals surface area (Å²) in [6, 6.07) is 3.79. The van der Waals surface area contributed by atoms with Gasteiger partial charge >= 0.3 is 0 Å². The van der Waals surface area contributed by atoms with Crippen LogP contribution in [0.3, 0.4) is 0 Å². The second kappa shape index (κ2) is 3.67. The molecular formula is C11H18N2. The van der Waals surface area contributed by atoms with E-state index < -0.39 is 0 Å². The first kappa shape index (κ1) is 9.02. The van der Waals surface area contributed by atoms with Gasteiger partial charge < -0.3 is 0 Å². The SMILES string of the molecule is CC1CCC(N(CC#N)C2CC2)C1. The molecule has 0 N–H and O–H groups in total. The van der Waals surface area contributed by atoms with Crippen molar-refractivity contribution in [1.29, 1.82) is 5.26 Å². The Morgan fingerprint density at radius 2 is 1.92 bits per heavy atom. The molecule has 13 heavy (non-hydrogen) atoms. The van der Waals surface area contributed by atoms with Crippen LogP contribution in [-0.2, 0) is 0 Å². The van der Waals surface area contributed by atoms with Gasteiger partial charge in [-0.25, -0.2) is 0 Å². The van der Waals surface area contributed by atoms with Gasteiger partial charge in [-0.15, -0.1) is 0 Å². The molecule has 2 fully saturated rings. The lowest BCUT2D eigenvalue weighted by Gasteiger charge is -2.26. The van der Waals surface area contributed by atoms with Crippen LogP contribution in [0.4, 0.5) is 0 Å². The van der Waals surface area contributed by atoms with Gasteiger partial charge in [-0.1, -0.05) is 6.92 Å². The second-order valence-corrected chi connectivity index (χ2v) is 4.63. The molecule has 0 amide bonds. The van der Waals surface area contributed by atoms with E-state index in [1.165, 1.54) is 32.1 Å². The van der Waals surface area contributed by atoms with Gasteiger partial charge in [0.05, 0.1) is 12.6 Å². The molecule has 2 unspecified atom stereocenters. The van der Waals surface area contributed by atoms with Crippen molar-refractivity contribution in [2.24, 2.45) is 5.92 Å². The second-order valence-electron chi connectivity index (χ2n) is 4.63. The molecule has 2 saturated carbocycles. The van der Waals surface area contributed by atoms with E-state index >= 15 is 0 Å². The highest BCUT2D eigenvalue weighted by Gasteiger charge is 2.36. The molecule has 0 aliphatic heterocycles. The first-order valence-electron chi connectivity index (χ1n) is 5.44. The van der Waals surface area contributed by atoms with Crippen molar-refractivity contribution in [2.75, 3.05) is 6.54 Å². The lowest BCUT2D eigenvalue weighted by atomic mass is 10.1. The minimum absolute atomic E-state index is 0.655. The molecule has 2 atom stereocenters. The molecule has 0 saturated heterocycles. The number of nitrogens with zero attached hydrogens (tertiary/aromatic N) is 2. The molecule has 0 aromatic heterocycles. The number of hydrogen-bond donors (Lipinski definition) is 0. The molecule has 2 rings (SSSR count). The monoisotopic (exact) mass is 178 g/mol. The fraction of sp³-hybridized carbons (Fsp3) is 0.909. The van der Waals surface area contributed by atoms with Crippen LogP contribution in [0.15, 0.2) is 0 Å². The van der Waals surface area contributed by atoms with Crippen molar-refractivity contribution in [3.8, 4) is 6.07 Å². The third-order valence-electron chi connectivity index (χ3n) is 3.41. The van der Waals surface area contributed by atoms with E-state index in [-0.39, 0.29) is 0 Å². The highest BCUT2D eigenvalue weighted by Crippen LogP contribution is 2.35. The molecule has 0 aromatic carbocycles. The summed E-state index contributed by atoms with van der Waals surface area (Å²) in [7, 11) is 0. The summed E-state index contributed by atoms with van der Waals surface area (Å²) in [6.45, 7) is 2.99. The van der Waals surface area contributed by atoms with Crippen molar-refractivity contribution in [3.63, 3.8) is 0 Å². The van der Waals surface area contributed by atoms with Crippen LogP contribution in [0.1, 0.15) is 39.0 Å². The summed E-state index contributed by atoms with van der Waals surface area (Å²) in [5.41, 5.74) is 0. The molecule has 0 heterocycles. The van der Waals surface area contributed by atoms with Crippen molar-refractivity contribution in [3.05, 3.63) is 0 Å². The Morgan fingerprint density at radius 1 is 1.23 bits per heavy atom. The first-order valence-corrected chi connectivity index (χ1v) is 5.44. The van der Waals surface area contributed by atoms with Gasteiger partial charge in [0, 0.05) is 12.1 Å². The van der Waals surface area contributed by atoms with Gasteiger partial charge in [-0.05, 0) is 38.0 Å². The van der Waals surface area contributed by atoms with Crippen molar-refractivity contribution < 1.29 is 0 Å². The summed E-state index contributed by atoms with van der Waals surface area (Å²) < 4.78 is 0. The zero-order valence-corrected chi connectivity index (χ0v) is 8.37. The summed E-state index contributed by atoms with van der Waals surface area (Å²) in [5, 5.41) is 8.75. The molecule has 0 radical (unpaired) electrons. The van der Waals surface area contributed by atoms with Crippen LogP contribution in [0.2, 0.25) is 0 Å². The van der Waals surface area contributed by atoms with E-state index in [1.807, 2.05) is 0 Å². The Balaban J connectivity index is 1.91. The van der Waals surface area contributed by atoms with Crippen LogP contribution < -0.4 is 0 Å². The highest BCUT2D eigenvalue weighted by atomic mass is 15.2. The average Bonchev–Trinajstić information content (AvgIpc) is 2.85. The third-order valence-corrected chi connectivity index (χ3v) is 3.41. The van der Waals surface area contributed by atoms with Crippen molar-refractivity contribution in [1.82, 2.24) is 4.90 Å². The number of hydrogen-bond acceptors (Lipinski definition) is 2. The minimum Gasteiger partial charge on any atom is -0.285 e. The third kappa shape index (κ3) is 2.03. The highest BCUT2D eigenvalue weighted by molar-refractivity contribution is 4.95. The molecule has 0 bridgehead atoms. The van der Waals surface area contributed by atoms with Crippen LogP contribution in [0.5, 0.6) is 0 Å². The summed E-state index contributed by atoms with van der Waals surface area (Å²) in [4.78, 5) is 2.45. The summed E-state index contributed by atoms with van der Waals surface area (Å²) in [5.74, 6) is 0.880. The van der Waals surface area contributed by atoms with Gasteiger partial charge in [0.1, 0.15) is 0 Å². The number of nitriles is 1. The Kier molecular flexibility index (Phi) is 2.55. The topological polar surface area (TPSA) is 27.0 Å². The first-order chi connectivity index (χ1) is 6.31. The normalized spacial score (nSPS) is 33.6. The standard InChI is InChI=1S/C11H18N2/c1-9-2-3-11(8-9)13(7-6-12)10-4-5-10/h9-11H,2-5,7-8H2,1H3. The predicted molar refractivity (Wildman–Crippen MR) is 52.1 cm³/mol. The Hall–Kier alpha value is -0.550. The van der Waals surface area contributed by atoms with Crippen molar-refractivity contribution >= 4 is 0 Å². The largest absolute Gasteiger partial charge is 0.285 e. The fourth-order valence-corrected chi connectivity index (χ4v) is 2.52. The molecular weight excluding hydrogens is 160 g/mol. The lowest BCUT2D eigenvalue weighted by Crippen LogP contribution is -2.35. The van der Waals surface area contributed by atoms with Gasteiger partial charge in [-0.3, -0.25) is 4.90 Å². The number of rotatable bonds is 3. The fourth-order valence-electron chi connectivity index (χ4n) is 2.52. The zero-order valence-electron chi connectivity index (χ0n) is 8.37. The van der Waals surface area contributed by atoms with E-state index in [0.717, 1.165) is 18.0 Å². The van der Waals surface area contributed by atoms with Gasteiger partial charge in [0.2, 0.25) is 0 Å². The Bertz CT molecular complexity index is 215. The predicted octanol–water partition coefficient (Wildman–Crippen LogP) is 2.16. The smallest absolute Gasteiger partial charge is 0.0870 e. The minimum atomic E-state index is 0.655. The molecule has 2 aliphatic carbocycles. The average molecular weight is 178 g/mol. The van der Waals surface area contributed by atoms with Crippen LogP contribution >= 0.6 is 0 Å². The van der Waals surface area contributed by atoms with E-state index in [2.05, 4.69) is 17.9 Å². The van der Waals surface area contributed by atoms with Gasteiger partial charge in [0.15, 0.2) is 0 Å². The maximum absolute atomic E-state index is 8.75. The molecule has 2 heteroatoms. The molecule has 2 aliphatic rings. The van der Waals surface area contributed by atoms with E-state index in [4.69, 9.17) is 5.26 Å². The molecule has 0 aromatic rings. The maximum atomic E-state index is 8.75. The summed E-state index contributed by atoms with van der Waals surface area (Å²) in [6.07, 6.45) is 6.65. The maximum Gasteiger partial charge on any atom is 0.0870 e. The van der Waals surface area contributed by atoms with Crippen LogP contribution in [0.25, 0.3) is 0 Å². The molecule has 0 spiro atoms. The van der Waals surface area contributed by atoms with E-state index in [1.54, 1.807) is 0 Å². The molecule has 2 nitrogen and oxygen atoms in total. The zero-order chi connectivity index (χ0) is 9.26. The lowest BCUT2D eigenvalue weighted by molar-refractivity contribution is 0.209. The quantitative estimate of drug-likeness (QED) is 0.619. The Labute approximate surface area is 80.5 Å². The summed E-state index contributed by atoms with van der Waals surface area (Å²) >= 11 is 0. The Morgan fingerprint density at radius 3 is 2.38 bits per heavy atom.